The van der Waals surface area contributed by atoms with Crippen LogP contribution in [0, 0.1) is 12.7 Å². The third kappa shape index (κ3) is 2.53. The first kappa shape index (κ1) is 12.2. The highest BCUT2D eigenvalue weighted by molar-refractivity contribution is 9.10. The van der Waals surface area contributed by atoms with Gasteiger partial charge in [0.15, 0.2) is 0 Å². The van der Waals surface area contributed by atoms with Crippen LogP contribution in [0.1, 0.15) is 22.9 Å². The summed E-state index contributed by atoms with van der Waals surface area (Å²) in [6.07, 6.45) is 0.758. The zero-order chi connectivity index (χ0) is 12.4. The number of aromatic nitrogens is 1. The molecular formula is C13H11BrFNO. The molecule has 0 bridgehead atoms. The molecule has 0 saturated carbocycles. The Morgan fingerprint density at radius 3 is 2.76 bits per heavy atom. The van der Waals surface area contributed by atoms with E-state index in [-0.39, 0.29) is 5.82 Å². The summed E-state index contributed by atoms with van der Waals surface area (Å²) < 4.78 is 13.7. The second-order valence-corrected chi connectivity index (χ2v) is 4.63. The van der Waals surface area contributed by atoms with Crippen molar-refractivity contribution in [2.24, 2.45) is 0 Å². The standard InChI is InChI=1S/C13H11BrFNO/c1-8-7-9(15)4-5-10(8)13(17)12-11(14)3-2-6-16-12/h2-7,13,17H,1H3. The Morgan fingerprint density at radius 1 is 1.35 bits per heavy atom. The van der Waals surface area contributed by atoms with E-state index in [2.05, 4.69) is 20.9 Å². The van der Waals surface area contributed by atoms with E-state index in [9.17, 15) is 9.50 Å². The molecule has 2 aromatic rings. The predicted octanol–water partition coefficient (Wildman–Crippen LogP) is 3.37. The Labute approximate surface area is 107 Å². The molecule has 0 fully saturated rings. The molecule has 0 spiro atoms. The largest absolute Gasteiger partial charge is 0.382 e. The number of hydrogen-bond acceptors (Lipinski definition) is 2. The number of hydrogen-bond donors (Lipinski definition) is 1. The normalized spacial score (nSPS) is 12.5. The van der Waals surface area contributed by atoms with Crippen molar-refractivity contribution in [3.05, 3.63) is 63.6 Å². The zero-order valence-electron chi connectivity index (χ0n) is 9.19. The topological polar surface area (TPSA) is 33.1 Å². The van der Waals surface area contributed by atoms with E-state index in [0.717, 1.165) is 4.47 Å². The third-order valence-electron chi connectivity index (χ3n) is 2.57. The lowest BCUT2D eigenvalue weighted by Crippen LogP contribution is -2.05. The van der Waals surface area contributed by atoms with E-state index >= 15 is 0 Å². The average molecular weight is 296 g/mol. The van der Waals surface area contributed by atoms with Gasteiger partial charge in [0, 0.05) is 10.7 Å². The van der Waals surface area contributed by atoms with E-state index in [0.29, 0.717) is 16.8 Å². The Balaban J connectivity index is 2.44. The monoisotopic (exact) mass is 295 g/mol. The van der Waals surface area contributed by atoms with Crippen molar-refractivity contribution in [2.75, 3.05) is 0 Å². The predicted molar refractivity (Wildman–Crippen MR) is 67.1 cm³/mol. The quantitative estimate of drug-likeness (QED) is 0.921. The van der Waals surface area contributed by atoms with E-state index < -0.39 is 6.10 Å². The fraction of sp³-hybridized carbons (Fsp3) is 0.154. The van der Waals surface area contributed by atoms with Gasteiger partial charge in [0.2, 0.25) is 0 Å². The van der Waals surface area contributed by atoms with Crippen LogP contribution in [0.4, 0.5) is 4.39 Å². The van der Waals surface area contributed by atoms with Gasteiger partial charge in [0.25, 0.3) is 0 Å². The van der Waals surface area contributed by atoms with Gasteiger partial charge in [-0.15, -0.1) is 0 Å². The van der Waals surface area contributed by atoms with Crippen molar-refractivity contribution in [1.29, 1.82) is 0 Å². The molecule has 4 heteroatoms. The van der Waals surface area contributed by atoms with Crippen molar-refractivity contribution < 1.29 is 9.50 Å². The molecule has 0 radical (unpaired) electrons. The molecule has 1 unspecified atom stereocenters. The van der Waals surface area contributed by atoms with E-state index in [1.807, 2.05) is 6.07 Å². The summed E-state index contributed by atoms with van der Waals surface area (Å²) in [4.78, 5) is 4.13. The molecular weight excluding hydrogens is 285 g/mol. The fourth-order valence-electron chi connectivity index (χ4n) is 1.69. The summed E-state index contributed by atoms with van der Waals surface area (Å²) in [6.45, 7) is 1.76. The molecule has 0 aliphatic carbocycles. The van der Waals surface area contributed by atoms with Crippen molar-refractivity contribution in [2.45, 2.75) is 13.0 Å². The van der Waals surface area contributed by atoms with Crippen molar-refractivity contribution >= 4 is 15.9 Å². The molecule has 0 saturated heterocycles. The summed E-state index contributed by atoms with van der Waals surface area (Å²) in [6, 6.07) is 7.90. The number of halogens is 2. The highest BCUT2D eigenvalue weighted by Gasteiger charge is 2.16. The van der Waals surface area contributed by atoms with Crippen molar-refractivity contribution in [3.8, 4) is 0 Å². The number of pyridine rings is 1. The van der Waals surface area contributed by atoms with E-state index in [4.69, 9.17) is 0 Å². The molecule has 2 rings (SSSR count). The Bertz CT molecular complexity index is 545. The molecule has 88 valence electrons. The minimum absolute atomic E-state index is 0.307. The molecule has 17 heavy (non-hydrogen) atoms. The minimum atomic E-state index is -0.855. The zero-order valence-corrected chi connectivity index (χ0v) is 10.8. The first-order valence-corrected chi connectivity index (χ1v) is 5.93. The summed E-state index contributed by atoms with van der Waals surface area (Å²) in [5.41, 5.74) is 1.89. The Morgan fingerprint density at radius 2 is 2.12 bits per heavy atom. The van der Waals surface area contributed by atoms with Gasteiger partial charge in [-0.2, -0.15) is 0 Å². The number of benzene rings is 1. The van der Waals surface area contributed by atoms with Gasteiger partial charge in [-0.1, -0.05) is 6.07 Å². The Kier molecular flexibility index (Phi) is 3.54. The lowest BCUT2D eigenvalue weighted by molar-refractivity contribution is 0.213. The van der Waals surface area contributed by atoms with Crippen LogP contribution < -0.4 is 0 Å². The summed E-state index contributed by atoms with van der Waals surface area (Å²) >= 11 is 3.34. The van der Waals surface area contributed by atoms with Gasteiger partial charge in [-0.3, -0.25) is 4.98 Å². The molecule has 1 heterocycles. The van der Waals surface area contributed by atoms with Crippen LogP contribution in [-0.2, 0) is 0 Å². The van der Waals surface area contributed by atoms with E-state index in [1.54, 1.807) is 25.3 Å². The second-order valence-electron chi connectivity index (χ2n) is 3.77. The van der Waals surface area contributed by atoms with Gasteiger partial charge in [0.05, 0.1) is 5.69 Å². The minimum Gasteiger partial charge on any atom is -0.382 e. The van der Waals surface area contributed by atoms with Gasteiger partial charge in [-0.05, 0) is 58.2 Å². The summed E-state index contributed by atoms with van der Waals surface area (Å²) in [5.74, 6) is -0.307. The van der Waals surface area contributed by atoms with Crippen LogP contribution in [0.5, 0.6) is 0 Å². The molecule has 2 nitrogen and oxygen atoms in total. The summed E-state index contributed by atoms with van der Waals surface area (Å²) in [7, 11) is 0. The smallest absolute Gasteiger partial charge is 0.123 e. The number of rotatable bonds is 2. The molecule has 1 aromatic heterocycles. The lowest BCUT2D eigenvalue weighted by Gasteiger charge is -2.14. The molecule has 1 aromatic carbocycles. The maximum absolute atomic E-state index is 13.0. The SMILES string of the molecule is Cc1cc(F)ccc1C(O)c1ncccc1Br. The second kappa shape index (κ2) is 4.94. The van der Waals surface area contributed by atoms with Crippen LogP contribution in [-0.4, -0.2) is 10.1 Å². The first-order valence-electron chi connectivity index (χ1n) is 5.14. The molecule has 0 aliphatic heterocycles. The third-order valence-corrected chi connectivity index (χ3v) is 3.24. The maximum atomic E-state index is 13.0. The van der Waals surface area contributed by atoms with Crippen LogP contribution in [0.2, 0.25) is 0 Å². The summed E-state index contributed by atoms with van der Waals surface area (Å²) in [5, 5.41) is 10.2. The van der Waals surface area contributed by atoms with Gasteiger partial charge < -0.3 is 5.11 Å². The van der Waals surface area contributed by atoms with Gasteiger partial charge >= 0.3 is 0 Å². The lowest BCUT2D eigenvalue weighted by atomic mass is 10.0. The number of nitrogens with zero attached hydrogens (tertiary/aromatic N) is 1. The van der Waals surface area contributed by atoms with Crippen LogP contribution in [0.25, 0.3) is 0 Å². The molecule has 1 N–H and O–H groups in total. The number of aliphatic hydroxyl groups is 1. The number of aryl methyl sites for hydroxylation is 1. The molecule has 1 atom stereocenters. The highest BCUT2D eigenvalue weighted by Crippen LogP contribution is 2.28. The van der Waals surface area contributed by atoms with Crippen molar-refractivity contribution in [1.82, 2.24) is 4.98 Å². The maximum Gasteiger partial charge on any atom is 0.123 e. The van der Waals surface area contributed by atoms with Crippen LogP contribution >= 0.6 is 15.9 Å². The fourth-order valence-corrected chi connectivity index (χ4v) is 2.16. The van der Waals surface area contributed by atoms with E-state index in [1.165, 1.54) is 12.1 Å². The average Bonchev–Trinajstić information content (AvgIpc) is 2.29. The van der Waals surface area contributed by atoms with Gasteiger partial charge in [0.1, 0.15) is 11.9 Å². The Hall–Kier alpha value is -1.26. The number of aliphatic hydroxyl groups excluding tert-OH is 1. The van der Waals surface area contributed by atoms with Crippen LogP contribution in [0.3, 0.4) is 0 Å². The van der Waals surface area contributed by atoms with Crippen LogP contribution in [0.15, 0.2) is 41.0 Å². The van der Waals surface area contributed by atoms with Crippen molar-refractivity contribution in [3.63, 3.8) is 0 Å². The molecule has 0 aliphatic rings. The molecule has 0 amide bonds. The first-order chi connectivity index (χ1) is 8.09. The highest BCUT2D eigenvalue weighted by atomic mass is 79.9. The van der Waals surface area contributed by atoms with Gasteiger partial charge in [-0.25, -0.2) is 4.39 Å².